The summed E-state index contributed by atoms with van der Waals surface area (Å²) >= 11 is 0. The van der Waals surface area contributed by atoms with Gasteiger partial charge in [0.1, 0.15) is 0 Å². The number of rotatable bonds is 7. The highest BCUT2D eigenvalue weighted by Crippen LogP contribution is 2.33. The van der Waals surface area contributed by atoms with Crippen LogP contribution in [0.3, 0.4) is 0 Å². The molecule has 0 bridgehead atoms. The van der Waals surface area contributed by atoms with Crippen LogP contribution in [0.25, 0.3) is 11.3 Å². The van der Waals surface area contributed by atoms with Gasteiger partial charge in [0, 0.05) is 31.0 Å². The van der Waals surface area contributed by atoms with E-state index < -0.39 is 0 Å². The Hall–Kier alpha value is -3.46. The van der Waals surface area contributed by atoms with Gasteiger partial charge in [0.15, 0.2) is 0 Å². The molecule has 1 fully saturated rings. The molecular weight excluding hydrogens is 466 g/mol. The Labute approximate surface area is 218 Å². The molecule has 2 aromatic heterocycles. The topological polar surface area (TPSA) is 108 Å². The Morgan fingerprint density at radius 2 is 2.11 bits per heavy atom. The highest BCUT2D eigenvalue weighted by molar-refractivity contribution is 5.75. The van der Waals surface area contributed by atoms with E-state index in [-0.39, 0.29) is 18.7 Å². The number of nitrogens with zero attached hydrogens (tertiary/aromatic N) is 5. The van der Waals surface area contributed by atoms with Gasteiger partial charge in [0.2, 0.25) is 5.95 Å². The summed E-state index contributed by atoms with van der Waals surface area (Å²) in [7, 11) is 0. The molecule has 1 aliphatic carbocycles. The van der Waals surface area contributed by atoms with Crippen molar-refractivity contribution in [3.63, 3.8) is 0 Å². The minimum absolute atomic E-state index is 0.000142. The van der Waals surface area contributed by atoms with E-state index in [1.165, 1.54) is 11.1 Å². The molecule has 1 saturated heterocycles. The number of aliphatic hydroxyl groups is 1. The Kier molecular flexibility index (Phi) is 7.69. The van der Waals surface area contributed by atoms with Crippen molar-refractivity contribution in [2.24, 2.45) is 11.8 Å². The Morgan fingerprint density at radius 3 is 2.92 bits per heavy atom. The molecule has 2 unspecified atom stereocenters. The maximum Gasteiger partial charge on any atom is 0.317 e. The number of urea groups is 1. The van der Waals surface area contributed by atoms with Crippen molar-refractivity contribution >= 4 is 17.7 Å². The lowest BCUT2D eigenvalue weighted by atomic mass is 9.95. The van der Waals surface area contributed by atoms with Crippen LogP contribution in [0, 0.1) is 11.8 Å². The molecule has 1 aromatic carbocycles. The van der Waals surface area contributed by atoms with Crippen LogP contribution in [-0.2, 0) is 13.0 Å². The molecule has 196 valence electrons. The number of anilines is 2. The maximum absolute atomic E-state index is 13.2. The van der Waals surface area contributed by atoms with Crippen molar-refractivity contribution in [1.82, 2.24) is 30.0 Å². The molecule has 37 heavy (non-hydrogen) atoms. The molecule has 0 saturated carbocycles. The number of amides is 2. The number of benzene rings is 1. The summed E-state index contributed by atoms with van der Waals surface area (Å²) in [5.41, 5.74) is 5.08. The average Bonchev–Trinajstić information content (AvgIpc) is 3.52. The monoisotopic (exact) mass is 503 g/mol. The highest BCUT2D eigenvalue weighted by atomic mass is 16.3. The summed E-state index contributed by atoms with van der Waals surface area (Å²) in [6.07, 6.45) is 10.5. The van der Waals surface area contributed by atoms with E-state index in [1.54, 1.807) is 17.1 Å². The molecule has 2 atom stereocenters. The van der Waals surface area contributed by atoms with Gasteiger partial charge in [-0.25, -0.2) is 14.8 Å². The quantitative estimate of drug-likeness (QED) is 0.409. The fourth-order valence-electron chi connectivity index (χ4n) is 5.39. The fraction of sp³-hybridized carbons (Fsp3) is 0.500. The maximum atomic E-state index is 13.2. The van der Waals surface area contributed by atoms with Crippen LogP contribution < -0.4 is 10.6 Å². The van der Waals surface area contributed by atoms with E-state index in [4.69, 9.17) is 10.1 Å². The average molecular weight is 504 g/mol. The van der Waals surface area contributed by atoms with Gasteiger partial charge in [-0.05, 0) is 60.8 Å². The van der Waals surface area contributed by atoms with Crippen LogP contribution in [0.1, 0.15) is 56.7 Å². The van der Waals surface area contributed by atoms with E-state index in [0.29, 0.717) is 24.3 Å². The number of aliphatic hydroxyl groups excluding tert-OH is 1. The van der Waals surface area contributed by atoms with Gasteiger partial charge in [0.05, 0.1) is 36.8 Å². The standard InChI is InChI=1S/C28H37N7O2/c1-19(2)22-10-12-34(17-22)28(37)33-26-6-4-3-5-20-7-8-21(15-24(20)26)25-9-11-29-27(32-25)31-23-16-30-35(18-23)13-14-36/h7-9,11,15-16,18-19,22,26,36H,3-6,10,12-14,17H2,1-2H3,(H,33,37)(H,29,31,32). The minimum atomic E-state index is -0.000142. The van der Waals surface area contributed by atoms with Crippen molar-refractivity contribution in [2.75, 3.05) is 25.0 Å². The number of fused-ring (bicyclic) bond motifs is 1. The zero-order valence-corrected chi connectivity index (χ0v) is 21.7. The van der Waals surface area contributed by atoms with Gasteiger partial charge in [0.25, 0.3) is 0 Å². The molecule has 0 spiro atoms. The SMILES string of the molecule is CC(C)C1CCN(C(=O)NC2CCCCc3ccc(-c4ccnc(Nc5cnn(CCO)c5)n4)cc32)C1. The van der Waals surface area contributed by atoms with Crippen molar-refractivity contribution in [1.29, 1.82) is 0 Å². The largest absolute Gasteiger partial charge is 0.394 e. The Morgan fingerprint density at radius 1 is 1.22 bits per heavy atom. The number of carbonyl (C=O) groups excluding carboxylic acids is 1. The summed E-state index contributed by atoms with van der Waals surface area (Å²) in [5, 5.41) is 19.9. The Bertz CT molecular complexity index is 1220. The first-order valence-corrected chi connectivity index (χ1v) is 13.4. The molecule has 0 radical (unpaired) electrons. The summed E-state index contributed by atoms with van der Waals surface area (Å²) in [5.74, 6) is 1.67. The first-order valence-electron chi connectivity index (χ1n) is 13.4. The molecule has 3 aromatic rings. The molecule has 3 heterocycles. The zero-order valence-electron chi connectivity index (χ0n) is 21.7. The molecule has 2 amide bonds. The first kappa shape index (κ1) is 25.2. The molecule has 5 rings (SSSR count). The van der Waals surface area contributed by atoms with E-state index >= 15 is 0 Å². The van der Waals surface area contributed by atoms with E-state index in [1.807, 2.05) is 17.2 Å². The molecule has 3 N–H and O–H groups in total. The second kappa shape index (κ2) is 11.3. The van der Waals surface area contributed by atoms with Crippen LogP contribution in [0.4, 0.5) is 16.4 Å². The highest BCUT2D eigenvalue weighted by Gasteiger charge is 2.30. The van der Waals surface area contributed by atoms with Crippen LogP contribution in [0.2, 0.25) is 0 Å². The smallest absolute Gasteiger partial charge is 0.317 e. The number of nitrogens with one attached hydrogen (secondary N) is 2. The zero-order chi connectivity index (χ0) is 25.8. The third-order valence-electron chi connectivity index (χ3n) is 7.63. The molecule has 1 aliphatic heterocycles. The van der Waals surface area contributed by atoms with E-state index in [0.717, 1.165) is 62.1 Å². The lowest BCUT2D eigenvalue weighted by Gasteiger charge is -2.25. The number of aryl methyl sites for hydroxylation is 1. The predicted molar refractivity (Wildman–Crippen MR) is 143 cm³/mol. The van der Waals surface area contributed by atoms with Crippen molar-refractivity contribution in [3.8, 4) is 11.3 Å². The second-order valence-electron chi connectivity index (χ2n) is 10.5. The van der Waals surface area contributed by atoms with Crippen LogP contribution >= 0.6 is 0 Å². The molecule has 9 heteroatoms. The number of likely N-dealkylation sites (tertiary alicyclic amines) is 1. The van der Waals surface area contributed by atoms with Gasteiger partial charge in [-0.1, -0.05) is 32.4 Å². The third kappa shape index (κ3) is 5.93. The predicted octanol–water partition coefficient (Wildman–Crippen LogP) is 4.53. The lowest BCUT2D eigenvalue weighted by Crippen LogP contribution is -2.40. The minimum Gasteiger partial charge on any atom is -0.394 e. The number of carbonyl (C=O) groups is 1. The van der Waals surface area contributed by atoms with Gasteiger partial charge in [-0.3, -0.25) is 4.68 Å². The molecular formula is C28H37N7O2. The van der Waals surface area contributed by atoms with Gasteiger partial charge in [-0.2, -0.15) is 5.10 Å². The van der Waals surface area contributed by atoms with Crippen molar-refractivity contribution in [3.05, 3.63) is 54.0 Å². The molecule has 9 nitrogen and oxygen atoms in total. The second-order valence-corrected chi connectivity index (χ2v) is 10.5. The van der Waals surface area contributed by atoms with Crippen molar-refractivity contribution < 1.29 is 9.90 Å². The van der Waals surface area contributed by atoms with Gasteiger partial charge >= 0.3 is 6.03 Å². The summed E-state index contributed by atoms with van der Waals surface area (Å²) in [6.45, 7) is 6.64. The molecule has 2 aliphatic rings. The van der Waals surface area contributed by atoms with Gasteiger partial charge in [-0.15, -0.1) is 0 Å². The van der Waals surface area contributed by atoms with Crippen LogP contribution in [0.5, 0.6) is 0 Å². The van der Waals surface area contributed by atoms with Crippen LogP contribution in [0.15, 0.2) is 42.9 Å². The van der Waals surface area contributed by atoms with E-state index in [9.17, 15) is 4.79 Å². The van der Waals surface area contributed by atoms with Crippen molar-refractivity contribution in [2.45, 2.75) is 58.5 Å². The number of hydrogen-bond donors (Lipinski definition) is 3. The lowest BCUT2D eigenvalue weighted by molar-refractivity contribution is 0.200. The number of hydrogen-bond acceptors (Lipinski definition) is 6. The van der Waals surface area contributed by atoms with E-state index in [2.05, 4.69) is 52.8 Å². The summed E-state index contributed by atoms with van der Waals surface area (Å²) < 4.78 is 1.66. The Balaban J connectivity index is 1.34. The first-order chi connectivity index (χ1) is 18.0. The fourth-order valence-corrected chi connectivity index (χ4v) is 5.39. The van der Waals surface area contributed by atoms with Gasteiger partial charge < -0.3 is 20.6 Å². The normalized spacial score (nSPS) is 19.5. The number of aromatic nitrogens is 4. The summed E-state index contributed by atoms with van der Waals surface area (Å²) in [6, 6.07) is 8.46. The van der Waals surface area contributed by atoms with Crippen LogP contribution in [-0.4, -0.2) is 55.5 Å². The third-order valence-corrected chi connectivity index (χ3v) is 7.63. The summed E-state index contributed by atoms with van der Waals surface area (Å²) in [4.78, 5) is 24.3.